The van der Waals surface area contributed by atoms with Crippen LogP contribution >= 0.6 is 11.8 Å². The molecule has 0 bridgehead atoms. The molecule has 0 aliphatic rings. The average Bonchev–Trinajstić information content (AvgIpc) is 2.24. The van der Waals surface area contributed by atoms with Gasteiger partial charge in [0.2, 0.25) is 5.92 Å². The minimum atomic E-state index is -2.58. The highest BCUT2D eigenvalue weighted by atomic mass is 32.2. The van der Waals surface area contributed by atoms with Crippen molar-refractivity contribution in [3.63, 3.8) is 0 Å². The van der Waals surface area contributed by atoms with E-state index in [0.717, 1.165) is 25.5 Å². The third-order valence-electron chi connectivity index (χ3n) is 2.49. The van der Waals surface area contributed by atoms with E-state index in [0.29, 0.717) is 12.8 Å². The van der Waals surface area contributed by atoms with Gasteiger partial charge in [-0.15, -0.1) is 11.8 Å². The fraction of sp³-hybridized carbons (Fsp3) is 0.929. The molecule has 0 heterocycles. The molecule has 0 aromatic rings. The average molecular weight is 296 g/mol. The van der Waals surface area contributed by atoms with Gasteiger partial charge in [0, 0.05) is 6.42 Å². The van der Waals surface area contributed by atoms with Crippen molar-refractivity contribution in [1.82, 2.24) is 0 Å². The summed E-state index contributed by atoms with van der Waals surface area (Å²) in [7, 11) is 0. The number of hydrogen-bond acceptors (Lipinski definition) is 3. The summed E-state index contributed by atoms with van der Waals surface area (Å²) in [4.78, 5) is 11.8. The van der Waals surface area contributed by atoms with Gasteiger partial charge in [-0.05, 0) is 45.8 Å². The SMILES string of the molecule is CCCC(SCCCCC(C)(F)F)C(=O)OC(C)C. The lowest BCUT2D eigenvalue weighted by Gasteiger charge is -2.17. The first-order chi connectivity index (χ1) is 8.76. The van der Waals surface area contributed by atoms with Gasteiger partial charge in [-0.25, -0.2) is 8.78 Å². The Hall–Kier alpha value is -0.320. The Morgan fingerprint density at radius 3 is 2.42 bits per heavy atom. The van der Waals surface area contributed by atoms with Gasteiger partial charge in [0.05, 0.1) is 6.10 Å². The normalized spacial score (nSPS) is 13.6. The number of rotatable bonds is 10. The van der Waals surface area contributed by atoms with Crippen molar-refractivity contribution >= 4 is 17.7 Å². The molecule has 0 fully saturated rings. The topological polar surface area (TPSA) is 26.3 Å². The molecule has 19 heavy (non-hydrogen) atoms. The lowest BCUT2D eigenvalue weighted by atomic mass is 10.2. The molecule has 5 heteroatoms. The van der Waals surface area contributed by atoms with E-state index in [4.69, 9.17) is 4.74 Å². The van der Waals surface area contributed by atoms with E-state index in [1.165, 1.54) is 11.8 Å². The Kier molecular flexibility index (Phi) is 9.40. The summed E-state index contributed by atoms with van der Waals surface area (Å²) in [5.74, 6) is -2.03. The van der Waals surface area contributed by atoms with Crippen LogP contribution in [0.1, 0.15) is 59.8 Å². The molecule has 114 valence electrons. The second-order valence-corrected chi connectivity index (χ2v) is 6.47. The molecule has 0 aliphatic carbocycles. The molecule has 0 aliphatic heterocycles. The number of halogens is 2. The first kappa shape index (κ1) is 18.7. The van der Waals surface area contributed by atoms with E-state index in [1.54, 1.807) is 0 Å². The maximum absolute atomic E-state index is 12.6. The van der Waals surface area contributed by atoms with Crippen LogP contribution < -0.4 is 0 Å². The first-order valence-corrected chi connectivity index (χ1v) is 8.01. The Labute approximate surface area is 119 Å². The predicted octanol–water partition coefficient (Wildman–Crippen LogP) is 4.67. The second kappa shape index (κ2) is 9.56. The Morgan fingerprint density at radius 1 is 1.32 bits per heavy atom. The summed E-state index contributed by atoms with van der Waals surface area (Å²) in [6, 6.07) is 0. The minimum Gasteiger partial charge on any atom is -0.462 e. The summed E-state index contributed by atoms with van der Waals surface area (Å²) in [5.41, 5.74) is 0. The van der Waals surface area contributed by atoms with Gasteiger partial charge in [0.1, 0.15) is 5.25 Å². The van der Waals surface area contributed by atoms with Crippen molar-refractivity contribution < 1.29 is 18.3 Å². The predicted molar refractivity (Wildman–Crippen MR) is 76.9 cm³/mol. The molecule has 0 amide bonds. The quantitative estimate of drug-likeness (QED) is 0.433. The van der Waals surface area contributed by atoms with Crippen LogP contribution in [0, 0.1) is 0 Å². The summed E-state index contributed by atoms with van der Waals surface area (Å²) in [6.07, 6.45) is 2.71. The van der Waals surface area contributed by atoms with Gasteiger partial charge in [-0.2, -0.15) is 0 Å². The number of thioether (sulfide) groups is 1. The fourth-order valence-electron chi connectivity index (χ4n) is 1.60. The number of ether oxygens (including phenoxy) is 1. The Balaban J connectivity index is 3.91. The number of carbonyl (C=O) groups is 1. The molecule has 0 N–H and O–H groups in total. The number of carbonyl (C=O) groups excluding carboxylic acids is 1. The molecule has 2 nitrogen and oxygen atoms in total. The second-order valence-electron chi connectivity index (χ2n) is 5.16. The smallest absolute Gasteiger partial charge is 0.319 e. The lowest BCUT2D eigenvalue weighted by Crippen LogP contribution is -2.23. The highest BCUT2D eigenvalue weighted by Crippen LogP contribution is 2.23. The first-order valence-electron chi connectivity index (χ1n) is 6.96. The zero-order chi connectivity index (χ0) is 14.9. The third-order valence-corrected chi connectivity index (χ3v) is 3.85. The van der Waals surface area contributed by atoms with E-state index in [9.17, 15) is 13.6 Å². The molecule has 0 spiro atoms. The van der Waals surface area contributed by atoms with Crippen LogP contribution in [0.5, 0.6) is 0 Å². The molecule has 0 rings (SSSR count). The number of hydrogen-bond donors (Lipinski definition) is 0. The van der Waals surface area contributed by atoms with Gasteiger partial charge < -0.3 is 4.74 Å². The molecule has 0 saturated carbocycles. The maximum Gasteiger partial charge on any atom is 0.319 e. The van der Waals surface area contributed by atoms with E-state index < -0.39 is 5.92 Å². The van der Waals surface area contributed by atoms with Crippen LogP contribution in [0.2, 0.25) is 0 Å². The van der Waals surface area contributed by atoms with Crippen LogP contribution in [0.3, 0.4) is 0 Å². The van der Waals surface area contributed by atoms with Crippen molar-refractivity contribution in [2.24, 2.45) is 0 Å². The van der Waals surface area contributed by atoms with Crippen molar-refractivity contribution in [2.75, 3.05) is 5.75 Å². The molecule has 0 aromatic carbocycles. The lowest BCUT2D eigenvalue weighted by molar-refractivity contribution is -0.146. The Bertz CT molecular complexity index is 252. The minimum absolute atomic E-state index is 0.0809. The number of alkyl halides is 2. The van der Waals surface area contributed by atoms with Crippen LogP contribution in [-0.4, -0.2) is 29.0 Å². The van der Waals surface area contributed by atoms with Crippen molar-refractivity contribution in [2.45, 2.75) is 77.1 Å². The van der Waals surface area contributed by atoms with Crippen LogP contribution in [0.15, 0.2) is 0 Å². The van der Waals surface area contributed by atoms with Gasteiger partial charge in [0.15, 0.2) is 0 Å². The van der Waals surface area contributed by atoms with Crippen LogP contribution in [-0.2, 0) is 9.53 Å². The molecule has 1 atom stereocenters. The highest BCUT2D eigenvalue weighted by molar-refractivity contribution is 8.00. The van der Waals surface area contributed by atoms with Gasteiger partial charge in [0.25, 0.3) is 0 Å². The maximum atomic E-state index is 12.6. The number of unbranched alkanes of at least 4 members (excludes halogenated alkanes) is 1. The van der Waals surface area contributed by atoms with Crippen LogP contribution in [0.25, 0.3) is 0 Å². The molecular weight excluding hydrogens is 270 g/mol. The summed E-state index contributed by atoms with van der Waals surface area (Å²) in [5, 5.41) is -0.158. The van der Waals surface area contributed by atoms with Crippen LogP contribution in [0.4, 0.5) is 8.78 Å². The zero-order valence-corrected chi connectivity index (χ0v) is 13.2. The van der Waals surface area contributed by atoms with Crippen molar-refractivity contribution in [3.05, 3.63) is 0 Å². The van der Waals surface area contributed by atoms with Gasteiger partial charge >= 0.3 is 5.97 Å². The molecule has 0 saturated heterocycles. The van der Waals surface area contributed by atoms with E-state index in [2.05, 4.69) is 0 Å². The zero-order valence-electron chi connectivity index (χ0n) is 12.4. The molecule has 0 radical (unpaired) electrons. The van der Waals surface area contributed by atoms with Crippen molar-refractivity contribution in [3.8, 4) is 0 Å². The highest BCUT2D eigenvalue weighted by Gasteiger charge is 2.22. The van der Waals surface area contributed by atoms with E-state index >= 15 is 0 Å². The standard InChI is InChI=1S/C14H26F2O2S/c1-5-8-12(13(17)18-11(2)3)19-10-7-6-9-14(4,15)16/h11-12H,5-10H2,1-4H3. The molecule has 0 aromatic heterocycles. The summed E-state index contributed by atoms with van der Waals surface area (Å²) >= 11 is 1.53. The van der Waals surface area contributed by atoms with Gasteiger partial charge in [-0.1, -0.05) is 13.3 Å². The monoisotopic (exact) mass is 296 g/mol. The van der Waals surface area contributed by atoms with E-state index in [1.807, 2.05) is 20.8 Å². The van der Waals surface area contributed by atoms with Crippen molar-refractivity contribution in [1.29, 1.82) is 0 Å². The summed E-state index contributed by atoms with van der Waals surface area (Å²) in [6.45, 7) is 6.62. The number of esters is 1. The molecule has 1 unspecified atom stereocenters. The Morgan fingerprint density at radius 2 is 1.95 bits per heavy atom. The summed E-state index contributed by atoms with van der Waals surface area (Å²) < 4.78 is 30.4. The fourth-order valence-corrected chi connectivity index (χ4v) is 2.85. The van der Waals surface area contributed by atoms with E-state index in [-0.39, 0.29) is 23.7 Å². The third kappa shape index (κ3) is 11.2. The van der Waals surface area contributed by atoms with Gasteiger partial charge in [-0.3, -0.25) is 4.79 Å². The molecular formula is C14H26F2O2S. The largest absolute Gasteiger partial charge is 0.462 e.